The second kappa shape index (κ2) is 4.44. The maximum absolute atomic E-state index is 5.83. The van der Waals surface area contributed by atoms with Gasteiger partial charge in [0.2, 0.25) is 0 Å². The summed E-state index contributed by atoms with van der Waals surface area (Å²) in [5.74, 6) is 0.891. The van der Waals surface area contributed by atoms with E-state index in [0.29, 0.717) is 13.2 Å². The van der Waals surface area contributed by atoms with Crippen LogP contribution in [0.25, 0.3) is 11.1 Å². The first kappa shape index (κ1) is 12.1. The lowest BCUT2D eigenvalue weighted by molar-refractivity contribution is 0.153. The number of hydrogen-bond donors (Lipinski definition) is 1. The van der Waals surface area contributed by atoms with Gasteiger partial charge >= 0.3 is 0 Å². The molecule has 1 aromatic carbocycles. The summed E-state index contributed by atoms with van der Waals surface area (Å²) in [5.41, 5.74) is 8.39. The molecule has 3 heterocycles. The third-order valence-corrected chi connectivity index (χ3v) is 3.81. The first-order valence-corrected chi connectivity index (χ1v) is 6.73. The summed E-state index contributed by atoms with van der Waals surface area (Å²) in [7, 11) is 0. The van der Waals surface area contributed by atoms with Crippen molar-refractivity contribution in [1.82, 2.24) is 9.97 Å². The molecule has 0 aliphatic carbocycles. The van der Waals surface area contributed by atoms with Gasteiger partial charge in [-0.25, -0.2) is 15.0 Å². The normalized spacial score (nSPS) is 23.1. The van der Waals surface area contributed by atoms with Gasteiger partial charge in [0.05, 0.1) is 0 Å². The van der Waals surface area contributed by atoms with Crippen molar-refractivity contribution in [2.75, 3.05) is 13.2 Å². The van der Waals surface area contributed by atoms with Gasteiger partial charge in [-0.2, -0.15) is 0 Å². The van der Waals surface area contributed by atoms with Gasteiger partial charge in [0, 0.05) is 24.4 Å². The minimum atomic E-state index is -0.386. The number of ether oxygens (including phenoxy) is 2. The van der Waals surface area contributed by atoms with Crippen molar-refractivity contribution in [1.29, 1.82) is 0 Å². The van der Waals surface area contributed by atoms with E-state index in [2.05, 4.69) is 21.0 Å². The monoisotopic (exact) mass is 282 g/mol. The van der Waals surface area contributed by atoms with Crippen LogP contribution in [0, 0.1) is 0 Å². The van der Waals surface area contributed by atoms with Crippen LogP contribution in [0.5, 0.6) is 5.75 Å². The van der Waals surface area contributed by atoms with E-state index in [-0.39, 0.29) is 11.6 Å². The first-order chi connectivity index (χ1) is 10.2. The van der Waals surface area contributed by atoms with Crippen molar-refractivity contribution < 1.29 is 9.47 Å². The predicted molar refractivity (Wildman–Crippen MR) is 77.0 cm³/mol. The van der Waals surface area contributed by atoms with E-state index in [0.717, 1.165) is 28.9 Å². The molecule has 21 heavy (non-hydrogen) atoms. The molecule has 0 saturated heterocycles. The lowest BCUT2D eigenvalue weighted by Crippen LogP contribution is -2.41. The molecule has 1 atom stereocenters. The van der Waals surface area contributed by atoms with Gasteiger partial charge in [-0.05, 0) is 23.3 Å². The Balaban J connectivity index is 1.71. The average molecular weight is 282 g/mol. The van der Waals surface area contributed by atoms with Gasteiger partial charge in [0.15, 0.2) is 0 Å². The Bertz CT molecular complexity index is 717. The summed E-state index contributed by atoms with van der Waals surface area (Å²) in [4.78, 5) is 12.5. The molecule has 4 rings (SSSR count). The van der Waals surface area contributed by atoms with Crippen LogP contribution in [0.1, 0.15) is 5.56 Å². The van der Waals surface area contributed by atoms with Crippen molar-refractivity contribution in [3.05, 3.63) is 42.5 Å². The van der Waals surface area contributed by atoms with Crippen molar-refractivity contribution in [2.24, 2.45) is 10.7 Å². The molecule has 2 aromatic rings. The minimum Gasteiger partial charge on any atom is -0.491 e. The van der Waals surface area contributed by atoms with E-state index in [1.54, 1.807) is 12.4 Å². The standard InChI is InChI=1S/C15H14N4O2/c16-14-19-15(8-21-14)4-11-3-10(1-2-13(11)20-7-15)12-5-17-9-18-6-12/h1-3,5-6,9H,4,7-8H2,(H2,16,19). The number of benzene rings is 1. The van der Waals surface area contributed by atoms with E-state index < -0.39 is 0 Å². The molecule has 2 aliphatic heterocycles. The van der Waals surface area contributed by atoms with Crippen LogP contribution in [0.3, 0.4) is 0 Å². The Kier molecular flexibility index (Phi) is 2.57. The summed E-state index contributed by atoms with van der Waals surface area (Å²) in [6.45, 7) is 0.964. The molecule has 1 aromatic heterocycles. The molecule has 2 N–H and O–H groups in total. The second-order valence-corrected chi connectivity index (χ2v) is 5.38. The topological polar surface area (TPSA) is 82.6 Å². The quantitative estimate of drug-likeness (QED) is 0.848. The molecule has 0 radical (unpaired) electrons. The highest BCUT2D eigenvalue weighted by atomic mass is 16.5. The third-order valence-electron chi connectivity index (χ3n) is 3.81. The van der Waals surface area contributed by atoms with E-state index in [1.165, 1.54) is 6.33 Å². The molecule has 1 spiro atoms. The van der Waals surface area contributed by atoms with Crippen molar-refractivity contribution >= 4 is 6.02 Å². The molecule has 2 aliphatic rings. The largest absolute Gasteiger partial charge is 0.491 e. The highest BCUT2D eigenvalue weighted by Crippen LogP contribution is 2.36. The van der Waals surface area contributed by atoms with E-state index in [4.69, 9.17) is 15.2 Å². The van der Waals surface area contributed by atoms with Gasteiger partial charge in [0.25, 0.3) is 6.02 Å². The Morgan fingerprint density at radius 2 is 1.86 bits per heavy atom. The number of aliphatic imine (C=N–C) groups is 1. The van der Waals surface area contributed by atoms with Crippen LogP contribution >= 0.6 is 0 Å². The van der Waals surface area contributed by atoms with E-state index in [9.17, 15) is 0 Å². The maximum atomic E-state index is 5.83. The highest BCUT2D eigenvalue weighted by Gasteiger charge is 2.41. The van der Waals surface area contributed by atoms with E-state index in [1.807, 2.05) is 12.1 Å². The summed E-state index contributed by atoms with van der Waals surface area (Å²) < 4.78 is 11.1. The molecule has 0 bridgehead atoms. The molecular weight excluding hydrogens is 268 g/mol. The smallest absolute Gasteiger partial charge is 0.282 e. The molecule has 0 amide bonds. The fraction of sp³-hybridized carbons (Fsp3) is 0.267. The predicted octanol–water partition coefficient (Wildman–Crippen LogP) is 1.16. The number of nitrogens with two attached hydrogens (primary N) is 1. The average Bonchev–Trinajstić information content (AvgIpc) is 2.88. The van der Waals surface area contributed by atoms with Gasteiger partial charge in [-0.3, -0.25) is 0 Å². The molecular formula is C15H14N4O2. The van der Waals surface area contributed by atoms with Crippen LogP contribution in [0.4, 0.5) is 0 Å². The highest BCUT2D eigenvalue weighted by molar-refractivity contribution is 5.74. The zero-order valence-electron chi connectivity index (χ0n) is 11.3. The van der Waals surface area contributed by atoms with Crippen molar-refractivity contribution in [2.45, 2.75) is 12.0 Å². The zero-order chi connectivity index (χ0) is 14.3. The summed E-state index contributed by atoms with van der Waals surface area (Å²) in [5, 5.41) is 0. The van der Waals surface area contributed by atoms with Crippen LogP contribution in [0.2, 0.25) is 0 Å². The molecule has 0 fully saturated rings. The van der Waals surface area contributed by atoms with Gasteiger partial charge in [0.1, 0.15) is 30.8 Å². The molecule has 6 nitrogen and oxygen atoms in total. The van der Waals surface area contributed by atoms with Gasteiger partial charge in [-0.1, -0.05) is 6.07 Å². The minimum absolute atomic E-state index is 0.245. The Labute approximate surface area is 121 Å². The molecule has 1 unspecified atom stereocenters. The van der Waals surface area contributed by atoms with Crippen LogP contribution in [-0.4, -0.2) is 34.7 Å². The Hall–Kier alpha value is -2.63. The van der Waals surface area contributed by atoms with Gasteiger partial charge in [-0.15, -0.1) is 0 Å². The van der Waals surface area contributed by atoms with Crippen LogP contribution in [-0.2, 0) is 11.2 Å². The van der Waals surface area contributed by atoms with Gasteiger partial charge < -0.3 is 15.2 Å². The fourth-order valence-corrected chi connectivity index (χ4v) is 2.77. The zero-order valence-corrected chi connectivity index (χ0v) is 11.3. The number of rotatable bonds is 1. The van der Waals surface area contributed by atoms with Crippen LogP contribution in [0.15, 0.2) is 41.9 Å². The van der Waals surface area contributed by atoms with Crippen LogP contribution < -0.4 is 10.5 Å². The maximum Gasteiger partial charge on any atom is 0.282 e. The van der Waals surface area contributed by atoms with Crippen molar-refractivity contribution in [3.8, 4) is 16.9 Å². The second-order valence-electron chi connectivity index (χ2n) is 5.38. The molecule has 0 saturated carbocycles. The van der Waals surface area contributed by atoms with E-state index >= 15 is 0 Å². The third kappa shape index (κ3) is 2.08. The number of nitrogens with zero attached hydrogens (tertiary/aromatic N) is 3. The molecule has 6 heteroatoms. The number of fused-ring (bicyclic) bond motifs is 1. The fourth-order valence-electron chi connectivity index (χ4n) is 2.77. The number of amidine groups is 1. The Morgan fingerprint density at radius 3 is 2.62 bits per heavy atom. The summed E-state index contributed by atoms with van der Waals surface area (Å²) in [6, 6.07) is 6.33. The summed E-state index contributed by atoms with van der Waals surface area (Å²) in [6.07, 6.45) is 5.87. The van der Waals surface area contributed by atoms with Crippen molar-refractivity contribution in [3.63, 3.8) is 0 Å². The first-order valence-electron chi connectivity index (χ1n) is 6.73. The summed E-state index contributed by atoms with van der Waals surface area (Å²) >= 11 is 0. The lowest BCUT2D eigenvalue weighted by Gasteiger charge is -2.30. The molecule has 106 valence electrons. The Morgan fingerprint density at radius 1 is 1.05 bits per heavy atom. The lowest BCUT2D eigenvalue weighted by atomic mass is 9.89. The SMILES string of the molecule is NC1=NC2(CO1)COc1ccc(-c3cncnc3)cc1C2. The number of aromatic nitrogens is 2. The number of hydrogen-bond acceptors (Lipinski definition) is 6.